The van der Waals surface area contributed by atoms with Gasteiger partial charge in [-0.25, -0.2) is 8.42 Å². The van der Waals surface area contributed by atoms with Gasteiger partial charge in [0.25, 0.3) is 0 Å². The molecule has 1 aromatic rings. The summed E-state index contributed by atoms with van der Waals surface area (Å²) in [6.45, 7) is 6.36. The fraction of sp³-hybridized carbons (Fsp3) is 0.650. The normalized spacial score (nSPS) is 25.4. The average Bonchev–Trinajstić information content (AvgIpc) is 2.90. The Morgan fingerprint density at radius 1 is 1.12 bits per heavy atom. The summed E-state index contributed by atoms with van der Waals surface area (Å²) in [6, 6.07) is 10.2. The topological polar surface area (TPSA) is 57.7 Å². The summed E-state index contributed by atoms with van der Waals surface area (Å²) in [5, 5.41) is 0. The van der Waals surface area contributed by atoms with Crippen LogP contribution in [-0.2, 0) is 21.1 Å². The van der Waals surface area contributed by atoms with Crippen LogP contribution in [0.5, 0.6) is 0 Å². The highest BCUT2D eigenvalue weighted by atomic mass is 32.2. The lowest BCUT2D eigenvalue weighted by Gasteiger charge is -2.44. The molecule has 0 radical (unpaired) electrons. The Balaban J connectivity index is 1.63. The molecule has 2 atom stereocenters. The van der Waals surface area contributed by atoms with Crippen molar-refractivity contribution < 1.29 is 13.2 Å². The molecule has 0 saturated carbocycles. The minimum atomic E-state index is -3.07. The summed E-state index contributed by atoms with van der Waals surface area (Å²) >= 11 is 0. The van der Waals surface area contributed by atoms with Gasteiger partial charge in [0.1, 0.15) is 0 Å². The average molecular weight is 379 g/mol. The first-order chi connectivity index (χ1) is 12.4. The number of nitrogens with zero attached hydrogens (tertiary/aromatic N) is 2. The number of sulfone groups is 1. The van der Waals surface area contributed by atoms with Crippen LogP contribution in [-0.4, -0.2) is 67.3 Å². The molecule has 26 heavy (non-hydrogen) atoms. The Bertz CT molecular complexity index is 718. The molecule has 2 fully saturated rings. The van der Waals surface area contributed by atoms with E-state index in [1.807, 2.05) is 36.9 Å². The van der Waals surface area contributed by atoms with Crippen LogP contribution in [0.3, 0.4) is 0 Å². The first-order valence-corrected chi connectivity index (χ1v) is 11.5. The van der Waals surface area contributed by atoms with Crippen LogP contribution >= 0.6 is 0 Å². The Kier molecular flexibility index (Phi) is 6.03. The summed E-state index contributed by atoms with van der Waals surface area (Å²) in [7, 11) is -3.07. The molecule has 0 spiro atoms. The van der Waals surface area contributed by atoms with E-state index in [4.69, 9.17) is 0 Å². The fourth-order valence-corrected chi connectivity index (χ4v) is 6.22. The zero-order valence-electron chi connectivity index (χ0n) is 15.8. The SMILES string of the molecule is CC(C)CC(=O)N1CCN(CCCc2ccccc2)[C@@H]2CS(=O)(=O)C[C@@H]21. The molecular formula is C20H30N2O3S. The molecule has 0 aliphatic carbocycles. The third-order valence-corrected chi connectivity index (χ3v) is 7.15. The van der Waals surface area contributed by atoms with Crippen molar-refractivity contribution in [1.29, 1.82) is 0 Å². The standard InChI is InChI=1S/C20H30N2O3S/c1-16(2)13-20(23)22-12-11-21(18-14-26(24,25)15-19(18)22)10-6-9-17-7-4-3-5-8-17/h3-5,7-8,16,18-19H,6,9-15H2,1-2H3/t18-,19+/m1/s1. The molecule has 5 nitrogen and oxygen atoms in total. The summed E-state index contributed by atoms with van der Waals surface area (Å²) in [4.78, 5) is 16.7. The predicted molar refractivity (Wildman–Crippen MR) is 104 cm³/mol. The lowest BCUT2D eigenvalue weighted by molar-refractivity contribution is -0.137. The predicted octanol–water partition coefficient (Wildman–Crippen LogP) is 1.98. The van der Waals surface area contributed by atoms with Crippen molar-refractivity contribution in [2.45, 2.75) is 45.2 Å². The van der Waals surface area contributed by atoms with Crippen LogP contribution in [0, 0.1) is 5.92 Å². The van der Waals surface area contributed by atoms with Crippen molar-refractivity contribution in [2.75, 3.05) is 31.1 Å². The Labute approximate surface area is 157 Å². The number of aryl methyl sites for hydroxylation is 1. The highest BCUT2D eigenvalue weighted by molar-refractivity contribution is 7.91. The van der Waals surface area contributed by atoms with Crippen LogP contribution in [0.15, 0.2) is 30.3 Å². The number of hydrogen-bond acceptors (Lipinski definition) is 4. The second-order valence-electron chi connectivity index (χ2n) is 8.02. The summed E-state index contributed by atoms with van der Waals surface area (Å²) in [6.07, 6.45) is 2.50. The van der Waals surface area contributed by atoms with Crippen molar-refractivity contribution in [1.82, 2.24) is 9.80 Å². The third kappa shape index (κ3) is 4.65. The fourth-order valence-electron chi connectivity index (χ4n) is 4.21. The van der Waals surface area contributed by atoms with Crippen LogP contribution in [0.2, 0.25) is 0 Å². The monoisotopic (exact) mass is 378 g/mol. The molecule has 0 bridgehead atoms. The quantitative estimate of drug-likeness (QED) is 0.759. The summed E-state index contributed by atoms with van der Waals surface area (Å²) in [5.74, 6) is 0.712. The maximum absolute atomic E-state index is 12.6. The van der Waals surface area contributed by atoms with Gasteiger partial charge in [0.2, 0.25) is 5.91 Å². The second-order valence-corrected chi connectivity index (χ2v) is 10.2. The highest BCUT2D eigenvalue weighted by Crippen LogP contribution is 2.28. The second kappa shape index (κ2) is 8.09. The number of benzene rings is 1. The van der Waals surface area contributed by atoms with Crippen molar-refractivity contribution in [3.63, 3.8) is 0 Å². The summed E-state index contributed by atoms with van der Waals surface area (Å²) < 4.78 is 24.5. The van der Waals surface area contributed by atoms with Gasteiger partial charge in [-0.1, -0.05) is 44.2 Å². The van der Waals surface area contributed by atoms with Gasteiger partial charge in [-0.3, -0.25) is 9.69 Å². The van der Waals surface area contributed by atoms with Gasteiger partial charge in [0, 0.05) is 25.6 Å². The largest absolute Gasteiger partial charge is 0.336 e. The molecule has 144 valence electrons. The van der Waals surface area contributed by atoms with Crippen molar-refractivity contribution in [3.05, 3.63) is 35.9 Å². The lowest BCUT2D eigenvalue weighted by Crippen LogP contribution is -2.60. The Morgan fingerprint density at radius 3 is 2.50 bits per heavy atom. The lowest BCUT2D eigenvalue weighted by atomic mass is 10.0. The van der Waals surface area contributed by atoms with E-state index in [1.165, 1.54) is 5.56 Å². The molecule has 6 heteroatoms. The van der Waals surface area contributed by atoms with Crippen molar-refractivity contribution in [2.24, 2.45) is 5.92 Å². The van der Waals surface area contributed by atoms with Gasteiger partial charge in [-0.2, -0.15) is 0 Å². The van der Waals surface area contributed by atoms with E-state index in [0.717, 1.165) is 25.9 Å². The van der Waals surface area contributed by atoms with Gasteiger partial charge in [-0.05, 0) is 30.9 Å². The minimum Gasteiger partial charge on any atom is -0.336 e. The molecule has 2 saturated heterocycles. The molecule has 2 aliphatic rings. The van der Waals surface area contributed by atoms with E-state index < -0.39 is 9.84 Å². The maximum Gasteiger partial charge on any atom is 0.223 e. The van der Waals surface area contributed by atoms with E-state index >= 15 is 0 Å². The molecular weight excluding hydrogens is 348 g/mol. The van der Waals surface area contributed by atoms with E-state index in [9.17, 15) is 13.2 Å². The molecule has 0 unspecified atom stereocenters. The minimum absolute atomic E-state index is 0.0411. The van der Waals surface area contributed by atoms with Gasteiger partial charge >= 0.3 is 0 Å². The van der Waals surface area contributed by atoms with Gasteiger partial charge in [0.15, 0.2) is 9.84 Å². The molecule has 2 heterocycles. The Morgan fingerprint density at radius 2 is 1.81 bits per heavy atom. The van der Waals surface area contributed by atoms with Gasteiger partial charge < -0.3 is 4.90 Å². The zero-order valence-corrected chi connectivity index (χ0v) is 16.6. The van der Waals surface area contributed by atoms with E-state index in [1.54, 1.807) is 0 Å². The first-order valence-electron chi connectivity index (χ1n) is 9.63. The van der Waals surface area contributed by atoms with E-state index in [2.05, 4.69) is 17.0 Å². The number of amides is 1. The van der Waals surface area contributed by atoms with Crippen LogP contribution < -0.4 is 0 Å². The number of piperazine rings is 1. The smallest absolute Gasteiger partial charge is 0.223 e. The van der Waals surface area contributed by atoms with Crippen LogP contribution in [0.25, 0.3) is 0 Å². The number of fused-ring (bicyclic) bond motifs is 1. The first kappa shape index (κ1) is 19.4. The Hall–Kier alpha value is -1.40. The number of carbonyl (C=O) groups is 1. The highest BCUT2D eigenvalue weighted by Gasteiger charge is 2.47. The number of hydrogen-bond donors (Lipinski definition) is 0. The molecule has 0 N–H and O–H groups in total. The van der Waals surface area contributed by atoms with Gasteiger partial charge in [0.05, 0.1) is 17.5 Å². The van der Waals surface area contributed by atoms with Crippen LogP contribution in [0.1, 0.15) is 32.3 Å². The van der Waals surface area contributed by atoms with E-state index in [-0.39, 0.29) is 29.5 Å². The van der Waals surface area contributed by atoms with Gasteiger partial charge in [-0.15, -0.1) is 0 Å². The number of carbonyl (C=O) groups excluding carboxylic acids is 1. The number of rotatable bonds is 6. The molecule has 3 rings (SSSR count). The van der Waals surface area contributed by atoms with E-state index in [0.29, 0.717) is 18.9 Å². The molecule has 0 aromatic heterocycles. The zero-order chi connectivity index (χ0) is 18.7. The summed E-state index contributed by atoms with van der Waals surface area (Å²) in [5.41, 5.74) is 1.31. The maximum atomic E-state index is 12.6. The van der Waals surface area contributed by atoms with Crippen LogP contribution in [0.4, 0.5) is 0 Å². The third-order valence-electron chi connectivity index (χ3n) is 5.45. The van der Waals surface area contributed by atoms with Crippen molar-refractivity contribution >= 4 is 15.7 Å². The molecule has 1 aromatic carbocycles. The van der Waals surface area contributed by atoms with Crippen molar-refractivity contribution in [3.8, 4) is 0 Å². The molecule has 2 aliphatic heterocycles. The molecule has 1 amide bonds.